The molecule has 0 saturated heterocycles. The molecule has 0 spiro atoms. The van der Waals surface area contributed by atoms with Crippen LogP contribution in [0.3, 0.4) is 0 Å². The van der Waals surface area contributed by atoms with Gasteiger partial charge in [-0.25, -0.2) is 9.97 Å². The molecular formula is C86H142N12. The first-order valence-corrected chi connectivity index (χ1v) is 35.6. The van der Waals surface area contributed by atoms with Crippen LogP contribution < -0.4 is 0 Å². The first kappa shape index (κ1) is 89.7. The van der Waals surface area contributed by atoms with Crippen molar-refractivity contribution >= 4 is 0 Å². The topological polar surface area (TPSA) is 155 Å². The normalized spacial score (nSPS) is 13.0. The molecule has 0 amide bonds. The lowest BCUT2D eigenvalue weighted by Crippen LogP contribution is -2.24. The zero-order valence-corrected chi connectivity index (χ0v) is 70.6. The third kappa shape index (κ3) is 29.5. The highest BCUT2D eigenvalue weighted by Crippen LogP contribution is 2.38. The van der Waals surface area contributed by atoms with Gasteiger partial charge in [0, 0.05) is 76.3 Å². The first-order chi connectivity index (χ1) is 43.6. The van der Waals surface area contributed by atoms with Gasteiger partial charge in [0.25, 0.3) is 0 Å². The molecule has 12 heteroatoms. The molecule has 0 fully saturated rings. The van der Waals surface area contributed by atoms with E-state index in [-0.39, 0.29) is 75.8 Å². The van der Waals surface area contributed by atoms with Crippen molar-refractivity contribution < 1.29 is 0 Å². The van der Waals surface area contributed by atoms with E-state index in [0.717, 1.165) is 17.1 Å². The first-order valence-electron chi connectivity index (χ1n) is 35.6. The fraction of sp³-hybridized carbons (Fsp3) is 0.651. The molecule has 0 radical (unpaired) electrons. The van der Waals surface area contributed by atoms with Gasteiger partial charge in [-0.3, -0.25) is 15.0 Å². The quantitative estimate of drug-likeness (QED) is 0.142. The predicted molar refractivity (Wildman–Crippen MR) is 420 cm³/mol. The van der Waals surface area contributed by atoms with E-state index in [0.29, 0.717) is 0 Å². The lowest BCUT2D eigenvalue weighted by molar-refractivity contribution is 0.496. The Kier molecular flexibility index (Phi) is 30.6. The Labute approximate surface area is 601 Å². The Hall–Kier alpha value is -6.30. The van der Waals surface area contributed by atoms with Crippen LogP contribution in [-0.2, 0) is 75.8 Å². The summed E-state index contributed by atoms with van der Waals surface area (Å²) >= 11 is 0. The number of pyridine rings is 3. The minimum atomic E-state index is 0.0263. The molecule has 0 saturated carbocycles. The summed E-state index contributed by atoms with van der Waals surface area (Å²) in [7, 11) is 0. The molecule has 0 atom stereocenters. The standard InChI is InChI=1S/3C13H21N.3C12H20N2.C11H19N3/c2*1-12(2,3)10-7-8-14-9-11(10)13(4,5)6;1-12(2,3)10-8-7-9-14-11(10)13(4,5)6;1-11(2,3)9-7-13-8-14-10(9)12(4,5)6;1-11(2,3)9-7-13-14-8-10(9)12(4,5)6;1-11(2,3)9-7-8-13-14-10(9)12(4,5)6;1-10(2,3)8-7-12-14-13-9(8)11(4,5)6/h3*7-9H,1-6H3;3*7-8H,1-6H3;7H,1-6H3. The van der Waals surface area contributed by atoms with E-state index in [4.69, 9.17) is 0 Å². The van der Waals surface area contributed by atoms with Crippen LogP contribution in [0.15, 0.2) is 98.6 Å². The molecule has 0 bridgehead atoms. The van der Waals surface area contributed by atoms with E-state index in [1.54, 1.807) is 12.5 Å². The molecule has 98 heavy (non-hydrogen) atoms. The van der Waals surface area contributed by atoms with E-state index < -0.39 is 0 Å². The average molecular weight is 1340 g/mol. The maximum Gasteiger partial charge on any atom is 0.115 e. The Morgan fingerprint density at radius 3 is 0.755 bits per heavy atom. The van der Waals surface area contributed by atoms with Crippen LogP contribution in [0.4, 0.5) is 0 Å². The number of nitrogens with zero attached hydrogens (tertiary/aromatic N) is 12. The molecule has 0 aromatic carbocycles. The summed E-state index contributed by atoms with van der Waals surface area (Å²) in [6.07, 6.45) is 20.6. The summed E-state index contributed by atoms with van der Waals surface area (Å²) in [5, 5.41) is 27.9. The molecule has 12 nitrogen and oxygen atoms in total. The van der Waals surface area contributed by atoms with Gasteiger partial charge < -0.3 is 0 Å². The van der Waals surface area contributed by atoms with Crippen molar-refractivity contribution in [1.29, 1.82) is 0 Å². The molecule has 0 aliphatic heterocycles. The second kappa shape index (κ2) is 33.5. The minimum absolute atomic E-state index is 0.0263. The Morgan fingerprint density at radius 2 is 0.469 bits per heavy atom. The molecule has 7 heterocycles. The summed E-state index contributed by atoms with van der Waals surface area (Å²) < 4.78 is 0. The van der Waals surface area contributed by atoms with Crippen molar-refractivity contribution in [2.45, 2.75) is 367 Å². The van der Waals surface area contributed by atoms with Crippen molar-refractivity contribution in [3.8, 4) is 0 Å². The lowest BCUT2D eigenvalue weighted by Gasteiger charge is -2.29. The SMILES string of the molecule is CC(C)(C)c1cccnc1C(C)(C)C.CC(C)(C)c1ccncc1C(C)(C)C.CC(C)(C)c1ccncc1C(C)(C)C.CC(C)(C)c1ccnnc1C(C)(C)C.CC(C)(C)c1cncnc1C(C)(C)C.CC(C)(C)c1cnncc1C(C)(C)C.CC(C)(C)c1cnnnc1C(C)(C)C. The maximum atomic E-state index is 4.52. The summed E-state index contributed by atoms with van der Waals surface area (Å²) in [5.74, 6) is 0. The number of aromatic nitrogens is 12. The fourth-order valence-corrected chi connectivity index (χ4v) is 10.8. The highest BCUT2D eigenvalue weighted by Gasteiger charge is 2.32. The highest BCUT2D eigenvalue weighted by molar-refractivity contribution is 5.38. The van der Waals surface area contributed by atoms with Gasteiger partial charge in [0.15, 0.2) is 0 Å². The molecule has 0 unspecified atom stereocenters. The van der Waals surface area contributed by atoms with Gasteiger partial charge in [0.1, 0.15) is 6.33 Å². The number of rotatable bonds is 0. The van der Waals surface area contributed by atoms with Crippen molar-refractivity contribution in [1.82, 2.24) is 60.7 Å². The van der Waals surface area contributed by atoms with Gasteiger partial charge in [-0.05, 0) is 134 Å². The zero-order valence-electron chi connectivity index (χ0n) is 70.6. The smallest absolute Gasteiger partial charge is 0.115 e. The second-order valence-corrected chi connectivity index (χ2v) is 40.8. The van der Waals surface area contributed by atoms with Gasteiger partial charge in [-0.15, -0.1) is 10.2 Å². The van der Waals surface area contributed by atoms with Crippen molar-refractivity contribution in [3.63, 3.8) is 0 Å². The minimum Gasteiger partial charge on any atom is -0.264 e. The molecule has 7 rings (SSSR count). The Balaban J connectivity index is 0.000000572. The summed E-state index contributed by atoms with van der Waals surface area (Å²) in [5.41, 5.74) is 19.5. The predicted octanol–water partition coefficient (Wildman–Crippen LogP) is 22.7. The van der Waals surface area contributed by atoms with E-state index in [9.17, 15) is 0 Å². The van der Waals surface area contributed by atoms with Crippen LogP contribution in [0.2, 0.25) is 0 Å². The van der Waals surface area contributed by atoms with Crippen molar-refractivity contribution in [2.75, 3.05) is 0 Å². The molecule has 0 aliphatic rings. The Morgan fingerprint density at radius 1 is 0.194 bits per heavy atom. The van der Waals surface area contributed by atoms with Crippen molar-refractivity contribution in [2.24, 2.45) is 0 Å². The molecule has 546 valence electrons. The number of hydrogen-bond acceptors (Lipinski definition) is 12. The monoisotopic (exact) mass is 1340 g/mol. The summed E-state index contributed by atoms with van der Waals surface area (Å²) in [6, 6.07) is 10.6. The second-order valence-electron chi connectivity index (χ2n) is 40.8. The van der Waals surface area contributed by atoms with Gasteiger partial charge in [-0.2, -0.15) is 20.4 Å². The van der Waals surface area contributed by atoms with Crippen LogP contribution in [0.5, 0.6) is 0 Å². The lowest BCUT2D eigenvalue weighted by atomic mass is 9.76. The fourth-order valence-electron chi connectivity index (χ4n) is 10.8. The van der Waals surface area contributed by atoms with E-state index >= 15 is 0 Å². The Bertz CT molecular complexity index is 2640. The summed E-state index contributed by atoms with van der Waals surface area (Å²) in [4.78, 5) is 21.5. The van der Waals surface area contributed by atoms with E-state index in [1.807, 2.05) is 61.8 Å². The molecular weight excluding hydrogens is 1200 g/mol. The van der Waals surface area contributed by atoms with Crippen LogP contribution in [0, 0.1) is 0 Å². The molecule has 7 aromatic rings. The van der Waals surface area contributed by atoms with Crippen molar-refractivity contribution in [3.05, 3.63) is 177 Å². The third-order valence-corrected chi connectivity index (χ3v) is 16.2. The number of hydrogen-bond donors (Lipinski definition) is 0. The van der Waals surface area contributed by atoms with Gasteiger partial charge in [0.2, 0.25) is 0 Å². The van der Waals surface area contributed by atoms with Crippen LogP contribution in [0.1, 0.15) is 369 Å². The van der Waals surface area contributed by atoms with Gasteiger partial charge >= 0.3 is 0 Å². The zero-order chi connectivity index (χ0) is 76.9. The molecule has 7 aromatic heterocycles. The summed E-state index contributed by atoms with van der Waals surface area (Å²) in [6.45, 7) is 92.7. The largest absolute Gasteiger partial charge is 0.264 e. The highest BCUT2D eigenvalue weighted by atomic mass is 15.3. The van der Waals surface area contributed by atoms with Crippen LogP contribution in [0.25, 0.3) is 0 Å². The van der Waals surface area contributed by atoms with Crippen LogP contribution in [-0.4, -0.2) is 60.7 Å². The molecule has 0 N–H and O–H groups in total. The van der Waals surface area contributed by atoms with Gasteiger partial charge in [0.05, 0.1) is 35.7 Å². The van der Waals surface area contributed by atoms with Gasteiger partial charge in [-0.1, -0.05) is 297 Å². The average Bonchev–Trinajstić information content (AvgIpc) is 0.865. The maximum absolute atomic E-state index is 4.52. The van der Waals surface area contributed by atoms with E-state index in [2.05, 4.69) is 376 Å². The molecule has 0 aliphatic carbocycles. The third-order valence-electron chi connectivity index (χ3n) is 16.2. The van der Waals surface area contributed by atoms with Crippen LogP contribution >= 0.6 is 0 Å². The van der Waals surface area contributed by atoms with E-state index in [1.165, 1.54) is 61.3 Å².